The van der Waals surface area contributed by atoms with Crippen molar-refractivity contribution in [3.8, 4) is 0 Å². The fourth-order valence-corrected chi connectivity index (χ4v) is 4.75. The summed E-state index contributed by atoms with van der Waals surface area (Å²) in [7, 11) is 1.83. The molecule has 29 heavy (non-hydrogen) atoms. The fourth-order valence-electron chi connectivity index (χ4n) is 4.75. The highest BCUT2D eigenvalue weighted by Crippen LogP contribution is 2.36. The van der Waals surface area contributed by atoms with Crippen LogP contribution in [0.1, 0.15) is 43.2 Å². The highest BCUT2D eigenvalue weighted by molar-refractivity contribution is 5.97. The SMILES string of the molecule is CN1C(=O)CCN(C2CCCC2)c2nc(Nc3ccc4c(c3)CCNC4)ncc21. The van der Waals surface area contributed by atoms with E-state index in [0.29, 0.717) is 18.4 Å². The average Bonchev–Trinajstić information content (AvgIpc) is 3.24. The molecule has 1 aromatic heterocycles. The van der Waals surface area contributed by atoms with E-state index < -0.39 is 0 Å². The zero-order chi connectivity index (χ0) is 19.8. The van der Waals surface area contributed by atoms with Gasteiger partial charge in [-0.2, -0.15) is 4.98 Å². The van der Waals surface area contributed by atoms with Gasteiger partial charge in [-0.3, -0.25) is 4.79 Å². The summed E-state index contributed by atoms with van der Waals surface area (Å²) in [5.74, 6) is 1.59. The summed E-state index contributed by atoms with van der Waals surface area (Å²) in [6.07, 6.45) is 8.19. The van der Waals surface area contributed by atoms with Crippen LogP contribution in [0.15, 0.2) is 24.4 Å². The van der Waals surface area contributed by atoms with Crippen LogP contribution in [0.4, 0.5) is 23.1 Å². The molecule has 0 radical (unpaired) electrons. The van der Waals surface area contributed by atoms with E-state index in [1.807, 2.05) is 7.05 Å². The van der Waals surface area contributed by atoms with Gasteiger partial charge in [0.25, 0.3) is 0 Å². The number of aromatic nitrogens is 2. The van der Waals surface area contributed by atoms with Crippen LogP contribution in [-0.4, -0.2) is 42.1 Å². The third-order valence-corrected chi connectivity index (χ3v) is 6.44. The predicted molar refractivity (Wildman–Crippen MR) is 115 cm³/mol. The van der Waals surface area contributed by atoms with Gasteiger partial charge in [-0.05, 0) is 49.1 Å². The minimum Gasteiger partial charge on any atom is -0.351 e. The molecule has 0 bridgehead atoms. The van der Waals surface area contributed by atoms with Gasteiger partial charge in [-0.1, -0.05) is 18.9 Å². The first kappa shape index (κ1) is 18.4. The van der Waals surface area contributed by atoms with Gasteiger partial charge in [-0.15, -0.1) is 0 Å². The van der Waals surface area contributed by atoms with Crippen molar-refractivity contribution >= 4 is 29.0 Å². The van der Waals surface area contributed by atoms with Crippen LogP contribution in [0.5, 0.6) is 0 Å². The molecule has 3 aliphatic rings. The summed E-state index contributed by atoms with van der Waals surface area (Å²) in [6.45, 7) is 2.67. The van der Waals surface area contributed by atoms with Gasteiger partial charge >= 0.3 is 0 Å². The lowest BCUT2D eigenvalue weighted by Gasteiger charge is -2.30. The van der Waals surface area contributed by atoms with E-state index in [1.165, 1.54) is 36.8 Å². The smallest absolute Gasteiger partial charge is 0.229 e. The lowest BCUT2D eigenvalue weighted by atomic mass is 10.0. The highest BCUT2D eigenvalue weighted by Gasteiger charge is 2.31. The van der Waals surface area contributed by atoms with Gasteiger partial charge in [0.15, 0.2) is 5.82 Å². The summed E-state index contributed by atoms with van der Waals surface area (Å²) >= 11 is 0. The third-order valence-electron chi connectivity index (χ3n) is 6.44. The number of amides is 1. The lowest BCUT2D eigenvalue weighted by Crippen LogP contribution is -2.34. The molecule has 7 heteroatoms. The molecule has 2 aliphatic heterocycles. The molecule has 5 rings (SSSR count). The fraction of sp³-hybridized carbons (Fsp3) is 0.500. The van der Waals surface area contributed by atoms with E-state index in [-0.39, 0.29) is 5.91 Å². The van der Waals surface area contributed by atoms with Crippen LogP contribution >= 0.6 is 0 Å². The van der Waals surface area contributed by atoms with Crippen LogP contribution in [-0.2, 0) is 17.8 Å². The summed E-state index contributed by atoms with van der Waals surface area (Å²) in [5, 5.41) is 6.80. The molecule has 2 N–H and O–H groups in total. The molecule has 1 fully saturated rings. The monoisotopic (exact) mass is 392 g/mol. The molecule has 1 aliphatic carbocycles. The van der Waals surface area contributed by atoms with Crippen LogP contribution < -0.4 is 20.4 Å². The molecule has 1 saturated carbocycles. The van der Waals surface area contributed by atoms with Crippen molar-refractivity contribution < 1.29 is 4.79 Å². The Balaban J connectivity index is 1.47. The summed E-state index contributed by atoms with van der Waals surface area (Å²) in [6, 6.07) is 6.93. The van der Waals surface area contributed by atoms with Gasteiger partial charge in [0.1, 0.15) is 5.69 Å². The summed E-state index contributed by atoms with van der Waals surface area (Å²) in [5.41, 5.74) is 4.55. The lowest BCUT2D eigenvalue weighted by molar-refractivity contribution is -0.118. The first-order valence-electron chi connectivity index (χ1n) is 10.7. The second-order valence-corrected chi connectivity index (χ2v) is 8.27. The summed E-state index contributed by atoms with van der Waals surface area (Å²) < 4.78 is 0. The molecule has 0 saturated heterocycles. The molecule has 0 spiro atoms. The molecule has 7 nitrogen and oxygen atoms in total. The average molecular weight is 393 g/mol. The highest BCUT2D eigenvalue weighted by atomic mass is 16.2. The number of hydrogen-bond acceptors (Lipinski definition) is 6. The number of fused-ring (bicyclic) bond motifs is 2. The summed E-state index contributed by atoms with van der Waals surface area (Å²) in [4.78, 5) is 25.9. The topological polar surface area (TPSA) is 73.4 Å². The minimum atomic E-state index is 0.124. The second kappa shape index (κ2) is 7.63. The molecule has 3 heterocycles. The van der Waals surface area contributed by atoms with E-state index in [2.05, 4.69) is 38.7 Å². The number of nitrogens with one attached hydrogen (secondary N) is 2. The zero-order valence-corrected chi connectivity index (χ0v) is 16.9. The maximum atomic E-state index is 12.5. The van der Waals surface area contributed by atoms with Crippen LogP contribution in [0, 0.1) is 0 Å². The van der Waals surface area contributed by atoms with Crippen molar-refractivity contribution in [3.05, 3.63) is 35.5 Å². The van der Waals surface area contributed by atoms with Crippen molar-refractivity contribution in [2.45, 2.75) is 51.1 Å². The van der Waals surface area contributed by atoms with Crippen molar-refractivity contribution in [1.82, 2.24) is 15.3 Å². The molecule has 2 aromatic rings. The quantitative estimate of drug-likeness (QED) is 0.837. The van der Waals surface area contributed by atoms with Crippen molar-refractivity contribution in [2.24, 2.45) is 0 Å². The number of hydrogen-bond donors (Lipinski definition) is 2. The zero-order valence-electron chi connectivity index (χ0n) is 16.9. The number of rotatable bonds is 3. The Morgan fingerprint density at radius 2 is 2.03 bits per heavy atom. The Morgan fingerprint density at radius 1 is 1.17 bits per heavy atom. The molecular formula is C22H28N6O. The largest absolute Gasteiger partial charge is 0.351 e. The van der Waals surface area contributed by atoms with Crippen LogP contribution in [0.2, 0.25) is 0 Å². The first-order valence-corrected chi connectivity index (χ1v) is 10.7. The van der Waals surface area contributed by atoms with Crippen molar-refractivity contribution in [2.75, 3.05) is 35.3 Å². The molecule has 0 atom stereocenters. The Kier molecular flexibility index (Phi) is 4.83. The Hall–Kier alpha value is -2.67. The minimum absolute atomic E-state index is 0.124. The first-order chi connectivity index (χ1) is 14.2. The molecule has 0 unspecified atom stereocenters. The Morgan fingerprint density at radius 3 is 2.90 bits per heavy atom. The Bertz CT molecular complexity index is 924. The number of benzene rings is 1. The van der Waals surface area contributed by atoms with Gasteiger partial charge in [-0.25, -0.2) is 4.98 Å². The van der Waals surface area contributed by atoms with Gasteiger partial charge in [0.2, 0.25) is 11.9 Å². The van der Waals surface area contributed by atoms with Crippen molar-refractivity contribution in [1.29, 1.82) is 0 Å². The molecule has 152 valence electrons. The van der Waals surface area contributed by atoms with E-state index >= 15 is 0 Å². The van der Waals surface area contributed by atoms with Gasteiger partial charge in [0, 0.05) is 38.3 Å². The number of nitrogens with zero attached hydrogens (tertiary/aromatic N) is 4. The van der Waals surface area contributed by atoms with Crippen LogP contribution in [0.3, 0.4) is 0 Å². The third kappa shape index (κ3) is 3.55. The van der Waals surface area contributed by atoms with Crippen LogP contribution in [0.25, 0.3) is 0 Å². The van der Waals surface area contributed by atoms with E-state index in [4.69, 9.17) is 4.98 Å². The number of anilines is 4. The van der Waals surface area contributed by atoms with Gasteiger partial charge < -0.3 is 20.4 Å². The number of carbonyl (C=O) groups excluding carboxylic acids is 1. The Labute approximate surface area is 171 Å². The molecular weight excluding hydrogens is 364 g/mol. The van der Waals surface area contributed by atoms with E-state index in [1.54, 1.807) is 11.1 Å². The standard InChI is InChI=1S/C22H28N6O/c1-27-19-14-24-22(25-17-7-6-16-13-23-10-8-15(16)12-17)26-21(19)28(11-9-20(27)29)18-4-2-3-5-18/h6-7,12,14,18,23H,2-5,8-11,13H2,1H3,(H,24,25,26). The van der Waals surface area contributed by atoms with Crippen molar-refractivity contribution in [3.63, 3.8) is 0 Å². The second-order valence-electron chi connectivity index (χ2n) is 8.27. The molecule has 1 amide bonds. The number of carbonyl (C=O) groups is 1. The normalized spacial score (nSPS) is 19.7. The van der Waals surface area contributed by atoms with E-state index in [9.17, 15) is 4.79 Å². The maximum absolute atomic E-state index is 12.5. The molecule has 1 aromatic carbocycles. The van der Waals surface area contributed by atoms with Gasteiger partial charge in [0.05, 0.1) is 6.20 Å². The predicted octanol–water partition coefficient (Wildman–Crippen LogP) is 2.98. The maximum Gasteiger partial charge on any atom is 0.229 e. The van der Waals surface area contributed by atoms with E-state index in [0.717, 1.165) is 43.2 Å².